The van der Waals surface area contributed by atoms with E-state index in [-0.39, 0.29) is 10.8 Å². The Kier molecular flexibility index (Phi) is 7.67. The molecule has 1 saturated heterocycles. The molecule has 3 atom stereocenters. The lowest BCUT2D eigenvalue weighted by Gasteiger charge is -2.61. The smallest absolute Gasteiger partial charge is 0.172 e. The molecule has 0 amide bonds. The molecule has 0 bridgehead atoms. The average Bonchev–Trinajstić information content (AvgIpc) is 3.15. The Balaban J connectivity index is 2.46. The fourth-order valence-corrected chi connectivity index (χ4v) is 6.25. The maximum Gasteiger partial charge on any atom is 0.172 e. The Morgan fingerprint density at radius 2 is 1.03 bits per heavy atom. The van der Waals surface area contributed by atoms with Gasteiger partial charge in [-0.2, -0.15) is 0 Å². The largest absolute Gasteiger partial charge is 0.367 e. The highest BCUT2D eigenvalue weighted by molar-refractivity contribution is 5.57. The zero-order valence-electron chi connectivity index (χ0n) is 27.1. The summed E-state index contributed by atoms with van der Waals surface area (Å²) in [5.74, 6) is 0. The monoisotopic (exact) mass is 537 g/mol. The van der Waals surface area contributed by atoms with Gasteiger partial charge in [0.1, 0.15) is 5.72 Å². The van der Waals surface area contributed by atoms with E-state index in [1.807, 2.05) is 24.0 Å². The zero-order valence-corrected chi connectivity index (χ0v) is 27.1. The summed E-state index contributed by atoms with van der Waals surface area (Å²) in [5.41, 5.74) is -0.836. The van der Waals surface area contributed by atoms with Crippen LogP contribution in [0.3, 0.4) is 0 Å². The van der Waals surface area contributed by atoms with E-state index in [9.17, 15) is 10.2 Å². The van der Waals surface area contributed by atoms with E-state index in [1.165, 1.54) is 0 Å². The maximum absolute atomic E-state index is 13.2. The summed E-state index contributed by atoms with van der Waals surface area (Å²) in [6.07, 6.45) is 9.70. The fraction of sp³-hybridized carbons (Fsp3) is 0.657. The molecule has 2 aliphatic carbocycles. The molecule has 0 aromatic heterocycles. The van der Waals surface area contributed by atoms with Crippen molar-refractivity contribution in [1.29, 1.82) is 0 Å². The van der Waals surface area contributed by atoms with E-state index in [1.54, 1.807) is 0 Å². The molecule has 1 fully saturated rings. The highest BCUT2D eigenvalue weighted by atomic mass is 16.5. The van der Waals surface area contributed by atoms with Gasteiger partial charge in [0, 0.05) is 6.61 Å². The molecule has 0 radical (unpaired) electrons. The van der Waals surface area contributed by atoms with Crippen LogP contribution in [0.2, 0.25) is 0 Å². The van der Waals surface area contributed by atoms with Crippen LogP contribution >= 0.6 is 0 Å². The second kappa shape index (κ2) is 9.41. The Labute approximate surface area is 238 Å². The molecule has 3 aliphatic rings. The lowest BCUT2D eigenvalue weighted by atomic mass is 9.65. The van der Waals surface area contributed by atoms with Gasteiger partial charge in [-0.25, -0.2) is 4.90 Å². The van der Waals surface area contributed by atoms with Crippen molar-refractivity contribution in [2.24, 2.45) is 21.7 Å². The van der Waals surface area contributed by atoms with Crippen LogP contribution in [0, 0.1) is 21.7 Å². The van der Waals surface area contributed by atoms with Crippen molar-refractivity contribution in [2.75, 3.05) is 6.61 Å². The Hall–Kier alpha value is -1.72. The van der Waals surface area contributed by atoms with Crippen LogP contribution < -0.4 is 0 Å². The number of aliphatic hydroxyl groups is 2. The van der Waals surface area contributed by atoms with Gasteiger partial charge in [0.05, 0.1) is 0 Å². The minimum atomic E-state index is -1.73. The third-order valence-electron chi connectivity index (χ3n) is 8.57. The van der Waals surface area contributed by atoms with Crippen molar-refractivity contribution >= 4 is 0 Å². The van der Waals surface area contributed by atoms with Crippen molar-refractivity contribution in [2.45, 2.75) is 120 Å². The van der Waals surface area contributed by atoms with Crippen molar-refractivity contribution in [3.05, 3.63) is 70.9 Å². The standard InChI is InChI=1S/C35H55NO3/c1-23-19-25(29(3,4)5)21-27(31(9,10)11)34(23,37)36(33(15)17-16-18-39-33)35(38)24(2)20-26(30(6,7)8)22-28(35)32(12,13)14/h19-22,37-38H,1-2,16-18H2,3-15H3. The number of hydrogen-bond acceptors (Lipinski definition) is 4. The van der Waals surface area contributed by atoms with Crippen LogP contribution in [-0.4, -0.2) is 38.9 Å². The van der Waals surface area contributed by atoms with Gasteiger partial charge in [-0.3, -0.25) is 0 Å². The SMILES string of the molecule is C=C1C=C(C(C)(C)C)C=C(C(C)(C)C)C1(O)N(C1(C)CCCO1)C1(O)C(=C)C=C(C(C)(C)C)C=C1C(C)(C)C. The first-order valence-corrected chi connectivity index (χ1v) is 14.5. The van der Waals surface area contributed by atoms with Crippen LogP contribution in [0.1, 0.15) is 103 Å². The maximum atomic E-state index is 13.2. The van der Waals surface area contributed by atoms with E-state index in [0.29, 0.717) is 24.2 Å². The first-order valence-electron chi connectivity index (χ1n) is 14.5. The molecule has 0 spiro atoms. The highest BCUT2D eigenvalue weighted by Gasteiger charge is 2.64. The topological polar surface area (TPSA) is 52.9 Å². The van der Waals surface area contributed by atoms with Crippen molar-refractivity contribution < 1.29 is 14.9 Å². The molecule has 218 valence electrons. The molecular weight excluding hydrogens is 482 g/mol. The summed E-state index contributed by atoms with van der Waals surface area (Å²) >= 11 is 0. The molecule has 3 rings (SSSR count). The van der Waals surface area contributed by atoms with Gasteiger partial charge in [-0.15, -0.1) is 0 Å². The highest BCUT2D eigenvalue weighted by Crippen LogP contribution is 2.57. The minimum absolute atomic E-state index is 0.147. The first-order chi connectivity index (χ1) is 17.3. The van der Waals surface area contributed by atoms with Gasteiger partial charge >= 0.3 is 0 Å². The summed E-state index contributed by atoms with van der Waals surface area (Å²) in [4.78, 5) is 1.81. The van der Waals surface area contributed by atoms with Crippen LogP contribution in [0.4, 0.5) is 0 Å². The molecule has 1 aliphatic heterocycles. The molecular formula is C35H55NO3. The molecule has 3 unspecified atom stereocenters. The lowest BCUT2D eigenvalue weighted by molar-refractivity contribution is -0.275. The number of nitrogens with zero attached hydrogens (tertiary/aromatic N) is 1. The van der Waals surface area contributed by atoms with Gasteiger partial charge in [-0.1, -0.05) is 121 Å². The quantitative estimate of drug-likeness (QED) is 0.356. The fourth-order valence-electron chi connectivity index (χ4n) is 6.25. The van der Waals surface area contributed by atoms with Gasteiger partial charge in [0.2, 0.25) is 0 Å². The van der Waals surface area contributed by atoms with Gasteiger partial charge in [0.25, 0.3) is 0 Å². The lowest BCUT2D eigenvalue weighted by Crippen LogP contribution is -2.73. The third kappa shape index (κ3) is 5.35. The summed E-state index contributed by atoms with van der Waals surface area (Å²) in [5, 5.41) is 26.5. The van der Waals surface area contributed by atoms with Crippen LogP contribution in [0.15, 0.2) is 70.9 Å². The van der Waals surface area contributed by atoms with E-state index >= 15 is 0 Å². The summed E-state index contributed by atoms with van der Waals surface area (Å²) < 4.78 is 6.47. The second-order valence-corrected chi connectivity index (χ2v) is 16.2. The predicted octanol–water partition coefficient (Wildman–Crippen LogP) is 8.22. The molecule has 4 heteroatoms. The molecule has 0 aromatic carbocycles. The number of allylic oxidation sites excluding steroid dienone is 4. The van der Waals surface area contributed by atoms with E-state index in [0.717, 1.165) is 28.7 Å². The Morgan fingerprint density at radius 3 is 1.28 bits per heavy atom. The van der Waals surface area contributed by atoms with Crippen LogP contribution in [-0.2, 0) is 4.74 Å². The third-order valence-corrected chi connectivity index (χ3v) is 8.57. The van der Waals surface area contributed by atoms with Crippen LogP contribution in [0.25, 0.3) is 0 Å². The summed E-state index contributed by atoms with van der Waals surface area (Å²) in [7, 11) is 0. The summed E-state index contributed by atoms with van der Waals surface area (Å²) in [6, 6.07) is 0. The van der Waals surface area contributed by atoms with E-state index in [2.05, 4.69) is 108 Å². The van der Waals surface area contributed by atoms with Gasteiger partial charge < -0.3 is 14.9 Å². The number of ether oxygens (including phenoxy) is 1. The second-order valence-electron chi connectivity index (χ2n) is 16.2. The predicted molar refractivity (Wildman–Crippen MR) is 164 cm³/mol. The number of hydrogen-bond donors (Lipinski definition) is 2. The van der Waals surface area contributed by atoms with Crippen molar-refractivity contribution in [3.8, 4) is 0 Å². The van der Waals surface area contributed by atoms with Crippen molar-refractivity contribution in [1.82, 2.24) is 4.90 Å². The minimum Gasteiger partial charge on any atom is -0.367 e. The zero-order chi connectivity index (χ0) is 30.2. The molecule has 4 nitrogen and oxygen atoms in total. The van der Waals surface area contributed by atoms with Crippen LogP contribution in [0.5, 0.6) is 0 Å². The molecule has 2 N–H and O–H groups in total. The Bertz CT molecular complexity index is 1080. The average molecular weight is 538 g/mol. The Morgan fingerprint density at radius 1 is 0.667 bits per heavy atom. The van der Waals surface area contributed by atoms with Crippen molar-refractivity contribution in [3.63, 3.8) is 0 Å². The normalized spacial score (nSPS) is 31.3. The molecule has 1 heterocycles. The molecule has 0 saturated carbocycles. The summed E-state index contributed by atoms with van der Waals surface area (Å²) in [6.45, 7) is 37.1. The first kappa shape index (κ1) is 31.8. The number of rotatable bonds is 3. The van der Waals surface area contributed by atoms with E-state index in [4.69, 9.17) is 4.74 Å². The molecule has 0 aromatic rings. The van der Waals surface area contributed by atoms with E-state index < -0.39 is 28.0 Å². The molecule has 39 heavy (non-hydrogen) atoms. The van der Waals surface area contributed by atoms with Gasteiger partial charge in [0.15, 0.2) is 11.4 Å². The van der Waals surface area contributed by atoms with Gasteiger partial charge in [-0.05, 0) is 74.9 Å².